The molecule has 0 bridgehead atoms. The molecule has 3 rings (SSSR count). The summed E-state index contributed by atoms with van der Waals surface area (Å²) in [5.74, 6) is -4.63. The van der Waals surface area contributed by atoms with Gasteiger partial charge in [0.25, 0.3) is 0 Å². The highest BCUT2D eigenvalue weighted by Gasteiger charge is 2.17. The maximum atomic E-state index is 13.2. The normalized spacial score (nSPS) is 11.0. The lowest BCUT2D eigenvalue weighted by atomic mass is 10.0. The van der Waals surface area contributed by atoms with Gasteiger partial charge >= 0.3 is 5.63 Å². The van der Waals surface area contributed by atoms with Crippen molar-refractivity contribution in [2.75, 3.05) is 0 Å². The Morgan fingerprint density at radius 3 is 2.36 bits per heavy atom. The molecular formula is C16H9F3O3. The second-order valence-corrected chi connectivity index (χ2v) is 4.76. The fourth-order valence-corrected chi connectivity index (χ4v) is 2.24. The second kappa shape index (κ2) is 5.22. The van der Waals surface area contributed by atoms with Crippen LogP contribution in [-0.4, -0.2) is 5.11 Å². The molecule has 0 spiro atoms. The molecule has 0 saturated heterocycles. The van der Waals surface area contributed by atoms with Crippen molar-refractivity contribution in [3.05, 3.63) is 75.4 Å². The number of aromatic hydroxyl groups is 1. The Bertz CT molecular complexity index is 909. The zero-order chi connectivity index (χ0) is 15.9. The molecule has 3 aromatic rings. The van der Waals surface area contributed by atoms with Crippen molar-refractivity contribution in [1.82, 2.24) is 0 Å². The molecule has 0 saturated carbocycles. The number of rotatable bonds is 2. The largest absolute Gasteiger partial charge is 0.507 e. The third-order valence-electron chi connectivity index (χ3n) is 3.30. The Kier molecular flexibility index (Phi) is 3.36. The molecule has 3 nitrogen and oxygen atoms in total. The highest BCUT2D eigenvalue weighted by atomic mass is 19.2. The Hall–Kier alpha value is -2.76. The van der Waals surface area contributed by atoms with E-state index in [4.69, 9.17) is 4.42 Å². The SMILES string of the molecule is O=c1oc2ccccc2c(O)c1Cc1cc(F)c(F)c(F)c1. The summed E-state index contributed by atoms with van der Waals surface area (Å²) in [5, 5.41) is 10.5. The van der Waals surface area contributed by atoms with E-state index in [2.05, 4.69) is 0 Å². The van der Waals surface area contributed by atoms with Crippen LogP contribution in [0.25, 0.3) is 11.0 Å². The van der Waals surface area contributed by atoms with Crippen molar-refractivity contribution in [3.63, 3.8) is 0 Å². The van der Waals surface area contributed by atoms with E-state index in [0.29, 0.717) is 5.39 Å². The predicted octanol–water partition coefficient (Wildman–Crippen LogP) is 3.51. The molecule has 0 aliphatic carbocycles. The smallest absolute Gasteiger partial charge is 0.343 e. The van der Waals surface area contributed by atoms with Gasteiger partial charge in [0.1, 0.15) is 11.3 Å². The van der Waals surface area contributed by atoms with Crippen LogP contribution < -0.4 is 5.63 Å². The van der Waals surface area contributed by atoms with Gasteiger partial charge in [0, 0.05) is 6.42 Å². The van der Waals surface area contributed by atoms with Gasteiger partial charge in [-0.05, 0) is 29.8 Å². The molecule has 112 valence electrons. The van der Waals surface area contributed by atoms with E-state index in [0.717, 1.165) is 12.1 Å². The summed E-state index contributed by atoms with van der Waals surface area (Å²) in [4.78, 5) is 11.9. The van der Waals surface area contributed by atoms with Gasteiger partial charge in [-0.25, -0.2) is 18.0 Å². The van der Waals surface area contributed by atoms with Crippen LogP contribution in [0.5, 0.6) is 5.75 Å². The molecule has 0 atom stereocenters. The molecule has 0 fully saturated rings. The van der Waals surface area contributed by atoms with Crippen LogP contribution in [0.4, 0.5) is 13.2 Å². The Morgan fingerprint density at radius 2 is 1.68 bits per heavy atom. The lowest BCUT2D eigenvalue weighted by molar-refractivity contribution is 0.444. The third kappa shape index (κ3) is 2.32. The van der Waals surface area contributed by atoms with E-state index in [1.54, 1.807) is 18.2 Å². The molecule has 0 radical (unpaired) electrons. The molecule has 0 aliphatic rings. The van der Waals surface area contributed by atoms with E-state index >= 15 is 0 Å². The molecule has 1 aromatic heterocycles. The first kappa shape index (κ1) is 14.2. The van der Waals surface area contributed by atoms with Crippen LogP contribution in [-0.2, 0) is 6.42 Å². The van der Waals surface area contributed by atoms with Crippen molar-refractivity contribution in [2.24, 2.45) is 0 Å². The van der Waals surface area contributed by atoms with Crippen molar-refractivity contribution < 1.29 is 22.7 Å². The van der Waals surface area contributed by atoms with Crippen molar-refractivity contribution in [2.45, 2.75) is 6.42 Å². The van der Waals surface area contributed by atoms with E-state index in [1.165, 1.54) is 6.07 Å². The van der Waals surface area contributed by atoms with E-state index in [1.807, 2.05) is 0 Å². The Labute approximate surface area is 122 Å². The van der Waals surface area contributed by atoms with Gasteiger partial charge in [0.15, 0.2) is 17.5 Å². The van der Waals surface area contributed by atoms with Crippen molar-refractivity contribution in [3.8, 4) is 5.75 Å². The van der Waals surface area contributed by atoms with E-state index < -0.39 is 23.1 Å². The van der Waals surface area contributed by atoms with Crippen LogP contribution in [0, 0.1) is 17.5 Å². The summed E-state index contributed by atoms with van der Waals surface area (Å²) in [6.07, 6.45) is -0.285. The molecule has 2 aromatic carbocycles. The number of benzene rings is 2. The predicted molar refractivity (Wildman–Crippen MR) is 73.3 cm³/mol. The summed E-state index contributed by atoms with van der Waals surface area (Å²) in [6, 6.07) is 7.87. The average Bonchev–Trinajstić information content (AvgIpc) is 2.49. The molecule has 1 N–H and O–H groups in total. The molecule has 6 heteroatoms. The monoisotopic (exact) mass is 306 g/mol. The van der Waals surface area contributed by atoms with Gasteiger partial charge in [-0.1, -0.05) is 12.1 Å². The zero-order valence-electron chi connectivity index (χ0n) is 11.1. The lowest BCUT2D eigenvalue weighted by Gasteiger charge is -2.07. The van der Waals surface area contributed by atoms with E-state index in [9.17, 15) is 23.1 Å². The van der Waals surface area contributed by atoms with Gasteiger partial charge in [0.2, 0.25) is 0 Å². The molecule has 0 amide bonds. The number of halogens is 3. The third-order valence-corrected chi connectivity index (χ3v) is 3.30. The van der Waals surface area contributed by atoms with Crippen LogP contribution in [0.1, 0.15) is 11.1 Å². The first-order valence-corrected chi connectivity index (χ1v) is 6.34. The van der Waals surface area contributed by atoms with Gasteiger partial charge in [-0.15, -0.1) is 0 Å². The standard InChI is InChI=1S/C16H9F3O3/c17-11-6-8(7-12(18)14(11)19)5-10-15(20)9-3-1-2-4-13(9)22-16(10)21/h1-4,6-7,20H,5H2. The molecular weight excluding hydrogens is 297 g/mol. The number of fused-ring (bicyclic) bond motifs is 1. The first-order chi connectivity index (χ1) is 10.5. The minimum Gasteiger partial charge on any atom is -0.507 e. The quantitative estimate of drug-likeness (QED) is 0.582. The zero-order valence-corrected chi connectivity index (χ0v) is 11.1. The highest BCUT2D eigenvalue weighted by molar-refractivity contribution is 5.84. The summed E-state index contributed by atoms with van der Waals surface area (Å²) in [6.45, 7) is 0. The summed E-state index contributed by atoms with van der Waals surface area (Å²) >= 11 is 0. The maximum Gasteiger partial charge on any atom is 0.343 e. The minimum absolute atomic E-state index is 0.00859. The minimum atomic E-state index is -1.58. The number of para-hydroxylation sites is 1. The summed E-state index contributed by atoms with van der Waals surface area (Å²) in [7, 11) is 0. The average molecular weight is 306 g/mol. The van der Waals surface area contributed by atoms with Gasteiger partial charge in [0.05, 0.1) is 10.9 Å². The molecule has 22 heavy (non-hydrogen) atoms. The van der Waals surface area contributed by atoms with Gasteiger partial charge < -0.3 is 9.52 Å². The van der Waals surface area contributed by atoms with Crippen molar-refractivity contribution in [1.29, 1.82) is 0 Å². The second-order valence-electron chi connectivity index (χ2n) is 4.76. The fourth-order valence-electron chi connectivity index (χ4n) is 2.24. The van der Waals surface area contributed by atoms with Gasteiger partial charge in [-0.3, -0.25) is 0 Å². The van der Waals surface area contributed by atoms with Crippen molar-refractivity contribution >= 4 is 11.0 Å². The Morgan fingerprint density at radius 1 is 1.05 bits per heavy atom. The molecule has 0 aliphatic heterocycles. The van der Waals surface area contributed by atoms with Crippen LogP contribution in [0.3, 0.4) is 0 Å². The maximum absolute atomic E-state index is 13.2. The first-order valence-electron chi connectivity index (χ1n) is 6.34. The summed E-state index contributed by atoms with van der Waals surface area (Å²) < 4.78 is 44.4. The number of hydrogen-bond donors (Lipinski definition) is 1. The Balaban J connectivity index is 2.13. The van der Waals surface area contributed by atoms with Gasteiger partial charge in [-0.2, -0.15) is 0 Å². The number of hydrogen-bond acceptors (Lipinski definition) is 3. The van der Waals surface area contributed by atoms with E-state index in [-0.39, 0.29) is 28.9 Å². The molecule has 0 unspecified atom stereocenters. The van der Waals surface area contributed by atoms with Crippen LogP contribution in [0.2, 0.25) is 0 Å². The topological polar surface area (TPSA) is 50.4 Å². The lowest BCUT2D eigenvalue weighted by Crippen LogP contribution is -2.09. The molecule has 1 heterocycles. The highest BCUT2D eigenvalue weighted by Crippen LogP contribution is 2.28. The summed E-state index contributed by atoms with van der Waals surface area (Å²) in [5.41, 5.74) is -0.759. The van der Waals surface area contributed by atoms with Crippen LogP contribution >= 0.6 is 0 Å². The van der Waals surface area contributed by atoms with Crippen LogP contribution in [0.15, 0.2) is 45.6 Å². The fraction of sp³-hybridized carbons (Fsp3) is 0.0625.